The molecule has 1 heterocycles. The molecule has 0 saturated carbocycles. The second kappa shape index (κ2) is 5.61. The molecule has 0 radical (unpaired) electrons. The smallest absolute Gasteiger partial charge is 0.0410 e. The molecule has 0 aliphatic heterocycles. The molecule has 0 bridgehead atoms. The van der Waals surface area contributed by atoms with Crippen LogP contribution in [0.25, 0.3) is 0 Å². The Hall–Kier alpha value is -0.410. The van der Waals surface area contributed by atoms with E-state index in [1.165, 1.54) is 5.56 Å². The molecule has 0 spiro atoms. The largest absolute Gasteiger partial charge is 0.316 e. The molecule has 0 aliphatic carbocycles. The summed E-state index contributed by atoms with van der Waals surface area (Å²) >= 11 is 3.44. The zero-order valence-electron chi connectivity index (χ0n) is 9.68. The molecular formula is C12H19BrN2. The number of rotatable bonds is 5. The van der Waals surface area contributed by atoms with Gasteiger partial charge in [-0.1, -0.05) is 20.8 Å². The molecule has 15 heavy (non-hydrogen) atoms. The highest BCUT2D eigenvalue weighted by Gasteiger charge is 2.17. The van der Waals surface area contributed by atoms with Crippen LogP contribution < -0.4 is 5.32 Å². The van der Waals surface area contributed by atoms with Crippen molar-refractivity contribution in [2.24, 2.45) is 5.41 Å². The third-order valence-corrected chi connectivity index (χ3v) is 2.73. The number of hydrogen-bond donors (Lipinski definition) is 1. The van der Waals surface area contributed by atoms with Crippen molar-refractivity contribution in [2.75, 3.05) is 13.1 Å². The normalized spacial score (nSPS) is 11.7. The molecule has 1 N–H and O–H groups in total. The summed E-state index contributed by atoms with van der Waals surface area (Å²) in [5, 5.41) is 3.39. The Kier molecular flexibility index (Phi) is 4.74. The highest BCUT2D eigenvalue weighted by molar-refractivity contribution is 9.10. The Balaban J connectivity index is 2.60. The van der Waals surface area contributed by atoms with Gasteiger partial charge in [0, 0.05) is 23.4 Å². The quantitative estimate of drug-likeness (QED) is 0.890. The lowest BCUT2D eigenvalue weighted by Gasteiger charge is -2.24. The van der Waals surface area contributed by atoms with Crippen molar-refractivity contribution in [1.29, 1.82) is 0 Å². The molecule has 1 rings (SSSR count). The molecule has 0 saturated heterocycles. The van der Waals surface area contributed by atoms with Crippen LogP contribution in [0.5, 0.6) is 0 Å². The third kappa shape index (κ3) is 4.76. The zero-order valence-corrected chi connectivity index (χ0v) is 11.3. The monoisotopic (exact) mass is 270 g/mol. The van der Waals surface area contributed by atoms with Gasteiger partial charge >= 0.3 is 0 Å². The fourth-order valence-corrected chi connectivity index (χ4v) is 2.04. The fourth-order valence-electron chi connectivity index (χ4n) is 1.63. The van der Waals surface area contributed by atoms with Gasteiger partial charge in [-0.15, -0.1) is 0 Å². The van der Waals surface area contributed by atoms with E-state index < -0.39 is 0 Å². The van der Waals surface area contributed by atoms with Gasteiger partial charge in [-0.2, -0.15) is 0 Å². The maximum absolute atomic E-state index is 4.18. The van der Waals surface area contributed by atoms with Crippen LogP contribution in [0.2, 0.25) is 0 Å². The minimum atomic E-state index is 0.276. The number of pyridine rings is 1. The zero-order chi connectivity index (χ0) is 11.3. The standard InChI is InChI=1S/C12H19BrN2/c1-4-14-9-12(2,3)6-10-5-11(13)8-15-7-10/h5,7-8,14H,4,6,9H2,1-3H3. The first-order valence-corrected chi connectivity index (χ1v) is 6.13. The lowest BCUT2D eigenvalue weighted by atomic mass is 9.86. The van der Waals surface area contributed by atoms with Crippen LogP contribution in [-0.4, -0.2) is 18.1 Å². The number of halogens is 1. The molecule has 1 aromatic heterocycles. The predicted octanol–water partition coefficient (Wildman–Crippen LogP) is 3.02. The first-order chi connectivity index (χ1) is 7.03. The van der Waals surface area contributed by atoms with Gasteiger partial charge in [-0.25, -0.2) is 0 Å². The summed E-state index contributed by atoms with van der Waals surface area (Å²) in [4.78, 5) is 4.18. The summed E-state index contributed by atoms with van der Waals surface area (Å²) in [6.45, 7) is 8.75. The Morgan fingerprint density at radius 1 is 1.40 bits per heavy atom. The van der Waals surface area contributed by atoms with Crippen molar-refractivity contribution in [2.45, 2.75) is 27.2 Å². The summed E-state index contributed by atoms with van der Waals surface area (Å²) in [6.07, 6.45) is 4.81. The van der Waals surface area contributed by atoms with Gasteiger partial charge in [0.05, 0.1) is 0 Å². The van der Waals surface area contributed by atoms with Gasteiger partial charge in [-0.3, -0.25) is 4.98 Å². The highest BCUT2D eigenvalue weighted by atomic mass is 79.9. The van der Waals surface area contributed by atoms with Gasteiger partial charge in [0.15, 0.2) is 0 Å². The van der Waals surface area contributed by atoms with E-state index in [4.69, 9.17) is 0 Å². The highest BCUT2D eigenvalue weighted by Crippen LogP contribution is 2.22. The molecule has 0 unspecified atom stereocenters. The van der Waals surface area contributed by atoms with Crippen molar-refractivity contribution in [3.63, 3.8) is 0 Å². The second-order valence-corrected chi connectivity index (χ2v) is 5.55. The van der Waals surface area contributed by atoms with E-state index in [-0.39, 0.29) is 5.41 Å². The molecule has 0 fully saturated rings. The topological polar surface area (TPSA) is 24.9 Å². The Morgan fingerprint density at radius 2 is 2.13 bits per heavy atom. The summed E-state index contributed by atoms with van der Waals surface area (Å²) in [5.41, 5.74) is 1.56. The molecule has 0 amide bonds. The fraction of sp³-hybridized carbons (Fsp3) is 0.583. The van der Waals surface area contributed by atoms with Crippen molar-refractivity contribution in [3.05, 3.63) is 28.5 Å². The molecule has 2 nitrogen and oxygen atoms in total. The Labute approximate surface area is 101 Å². The average molecular weight is 271 g/mol. The van der Waals surface area contributed by atoms with Crippen LogP contribution in [0.3, 0.4) is 0 Å². The van der Waals surface area contributed by atoms with E-state index in [0.717, 1.165) is 24.0 Å². The minimum Gasteiger partial charge on any atom is -0.316 e. The molecule has 0 aromatic carbocycles. The molecule has 0 aliphatic rings. The lowest BCUT2D eigenvalue weighted by Crippen LogP contribution is -2.31. The summed E-state index contributed by atoms with van der Waals surface area (Å²) in [5.74, 6) is 0. The first kappa shape index (κ1) is 12.7. The minimum absolute atomic E-state index is 0.276. The molecule has 1 aromatic rings. The van der Waals surface area contributed by atoms with Crippen molar-refractivity contribution < 1.29 is 0 Å². The van der Waals surface area contributed by atoms with Gasteiger partial charge in [-0.05, 0) is 45.9 Å². The van der Waals surface area contributed by atoms with Gasteiger partial charge in [0.2, 0.25) is 0 Å². The Morgan fingerprint density at radius 3 is 2.73 bits per heavy atom. The van der Waals surface area contributed by atoms with Gasteiger partial charge in [0.25, 0.3) is 0 Å². The van der Waals surface area contributed by atoms with Gasteiger partial charge in [0.1, 0.15) is 0 Å². The van der Waals surface area contributed by atoms with E-state index in [1.54, 1.807) is 0 Å². The number of aromatic nitrogens is 1. The summed E-state index contributed by atoms with van der Waals surface area (Å²) in [7, 11) is 0. The summed E-state index contributed by atoms with van der Waals surface area (Å²) < 4.78 is 1.05. The maximum Gasteiger partial charge on any atom is 0.0410 e. The van der Waals surface area contributed by atoms with Crippen LogP contribution in [0.1, 0.15) is 26.3 Å². The van der Waals surface area contributed by atoms with Crippen molar-refractivity contribution in [3.8, 4) is 0 Å². The summed E-state index contributed by atoms with van der Waals surface area (Å²) in [6, 6.07) is 2.14. The van der Waals surface area contributed by atoms with E-state index >= 15 is 0 Å². The average Bonchev–Trinajstić information content (AvgIpc) is 2.14. The van der Waals surface area contributed by atoms with Crippen LogP contribution in [-0.2, 0) is 6.42 Å². The van der Waals surface area contributed by atoms with Crippen LogP contribution in [0.15, 0.2) is 22.9 Å². The maximum atomic E-state index is 4.18. The third-order valence-electron chi connectivity index (χ3n) is 2.30. The first-order valence-electron chi connectivity index (χ1n) is 5.33. The number of nitrogens with one attached hydrogen (secondary N) is 1. The molecular weight excluding hydrogens is 252 g/mol. The van der Waals surface area contributed by atoms with Crippen molar-refractivity contribution in [1.82, 2.24) is 10.3 Å². The van der Waals surface area contributed by atoms with Gasteiger partial charge < -0.3 is 5.32 Å². The van der Waals surface area contributed by atoms with Crippen molar-refractivity contribution >= 4 is 15.9 Å². The van der Waals surface area contributed by atoms with Crippen LogP contribution in [0, 0.1) is 5.41 Å². The lowest BCUT2D eigenvalue weighted by molar-refractivity contribution is 0.341. The SMILES string of the molecule is CCNCC(C)(C)Cc1cncc(Br)c1. The number of hydrogen-bond acceptors (Lipinski definition) is 2. The van der Waals surface area contributed by atoms with Crippen LogP contribution >= 0.6 is 15.9 Å². The van der Waals surface area contributed by atoms with Crippen LogP contribution in [0.4, 0.5) is 0 Å². The molecule has 84 valence electrons. The molecule has 3 heteroatoms. The van der Waals surface area contributed by atoms with E-state index in [9.17, 15) is 0 Å². The number of nitrogens with zero attached hydrogens (tertiary/aromatic N) is 1. The predicted molar refractivity (Wildman–Crippen MR) is 68.0 cm³/mol. The van der Waals surface area contributed by atoms with E-state index in [2.05, 4.69) is 53.1 Å². The molecule has 0 atom stereocenters. The Bertz CT molecular complexity index is 310. The second-order valence-electron chi connectivity index (χ2n) is 4.63. The van der Waals surface area contributed by atoms with E-state index in [0.29, 0.717) is 0 Å². The van der Waals surface area contributed by atoms with E-state index in [1.807, 2.05) is 12.4 Å².